The smallest absolute Gasteiger partial charge is 0.167 e. The van der Waals surface area contributed by atoms with E-state index in [1.165, 1.54) is 13.2 Å². The van der Waals surface area contributed by atoms with E-state index in [0.29, 0.717) is 17.3 Å². The SMILES string of the molecule is COc1cc(NCCC2CCOC2)c(N)cc1F. The zero-order chi connectivity index (χ0) is 13.0. The molecule has 3 N–H and O–H groups in total. The van der Waals surface area contributed by atoms with Crippen molar-refractivity contribution in [3.05, 3.63) is 17.9 Å². The van der Waals surface area contributed by atoms with Crippen molar-refractivity contribution in [1.29, 1.82) is 0 Å². The molecule has 1 aromatic carbocycles. The van der Waals surface area contributed by atoms with Crippen molar-refractivity contribution in [3.8, 4) is 5.75 Å². The molecule has 1 atom stereocenters. The van der Waals surface area contributed by atoms with Gasteiger partial charge in [-0.15, -0.1) is 0 Å². The fourth-order valence-electron chi connectivity index (χ4n) is 2.10. The Balaban J connectivity index is 1.91. The molecule has 5 heteroatoms. The van der Waals surface area contributed by atoms with Crippen LogP contribution in [0.2, 0.25) is 0 Å². The molecule has 4 nitrogen and oxygen atoms in total. The molecule has 1 aliphatic heterocycles. The topological polar surface area (TPSA) is 56.5 Å². The van der Waals surface area contributed by atoms with Crippen LogP contribution in [0.1, 0.15) is 12.8 Å². The highest BCUT2D eigenvalue weighted by atomic mass is 19.1. The molecule has 1 heterocycles. The minimum absolute atomic E-state index is 0.205. The van der Waals surface area contributed by atoms with E-state index in [4.69, 9.17) is 15.2 Å². The van der Waals surface area contributed by atoms with Crippen LogP contribution < -0.4 is 15.8 Å². The Morgan fingerprint density at radius 3 is 3.06 bits per heavy atom. The molecule has 1 saturated heterocycles. The van der Waals surface area contributed by atoms with Crippen LogP contribution in [0.25, 0.3) is 0 Å². The first-order valence-corrected chi connectivity index (χ1v) is 6.15. The summed E-state index contributed by atoms with van der Waals surface area (Å²) in [7, 11) is 1.44. The van der Waals surface area contributed by atoms with E-state index < -0.39 is 5.82 Å². The summed E-state index contributed by atoms with van der Waals surface area (Å²) in [5, 5.41) is 3.21. The summed E-state index contributed by atoms with van der Waals surface area (Å²) >= 11 is 0. The number of benzene rings is 1. The van der Waals surface area contributed by atoms with Crippen LogP contribution in [-0.2, 0) is 4.74 Å². The molecule has 0 aliphatic carbocycles. The standard InChI is InChI=1S/C13H19FN2O2/c1-17-13-7-12(11(15)6-10(13)14)16-4-2-9-3-5-18-8-9/h6-7,9,16H,2-5,8,15H2,1H3. The normalized spacial score (nSPS) is 18.9. The average Bonchev–Trinajstić information content (AvgIpc) is 2.85. The number of methoxy groups -OCH3 is 1. The highest BCUT2D eigenvalue weighted by Crippen LogP contribution is 2.28. The van der Waals surface area contributed by atoms with E-state index in [0.717, 1.165) is 32.6 Å². The number of rotatable bonds is 5. The van der Waals surface area contributed by atoms with Gasteiger partial charge in [-0.2, -0.15) is 0 Å². The summed E-state index contributed by atoms with van der Waals surface area (Å²) < 4.78 is 23.6. The summed E-state index contributed by atoms with van der Waals surface area (Å²) in [5.74, 6) is 0.377. The first-order chi connectivity index (χ1) is 8.70. The Kier molecular flexibility index (Phi) is 4.25. The third kappa shape index (κ3) is 3.04. The third-order valence-electron chi connectivity index (χ3n) is 3.22. The van der Waals surface area contributed by atoms with E-state index in [2.05, 4.69) is 5.32 Å². The van der Waals surface area contributed by atoms with Crippen molar-refractivity contribution >= 4 is 11.4 Å². The summed E-state index contributed by atoms with van der Waals surface area (Å²) in [5.41, 5.74) is 6.87. The fraction of sp³-hybridized carbons (Fsp3) is 0.538. The molecule has 100 valence electrons. The molecule has 2 rings (SSSR count). The van der Waals surface area contributed by atoms with Gasteiger partial charge in [0.05, 0.1) is 18.5 Å². The van der Waals surface area contributed by atoms with Crippen molar-refractivity contribution < 1.29 is 13.9 Å². The third-order valence-corrected chi connectivity index (χ3v) is 3.22. The maximum Gasteiger partial charge on any atom is 0.167 e. The second-order valence-corrected chi connectivity index (χ2v) is 4.52. The summed E-state index contributed by atoms with van der Waals surface area (Å²) in [6.07, 6.45) is 2.14. The Labute approximate surface area is 106 Å². The van der Waals surface area contributed by atoms with Crippen LogP contribution in [0.4, 0.5) is 15.8 Å². The van der Waals surface area contributed by atoms with Gasteiger partial charge in [-0.3, -0.25) is 0 Å². The Morgan fingerprint density at radius 2 is 2.39 bits per heavy atom. The van der Waals surface area contributed by atoms with Crippen LogP contribution in [0, 0.1) is 11.7 Å². The number of nitrogen functional groups attached to an aromatic ring is 1. The Hall–Kier alpha value is -1.49. The minimum Gasteiger partial charge on any atom is -0.494 e. The van der Waals surface area contributed by atoms with Crippen molar-refractivity contribution in [1.82, 2.24) is 0 Å². The summed E-state index contributed by atoms with van der Waals surface area (Å²) in [4.78, 5) is 0. The number of nitrogens with one attached hydrogen (secondary N) is 1. The highest BCUT2D eigenvalue weighted by Gasteiger charge is 2.15. The van der Waals surface area contributed by atoms with E-state index in [9.17, 15) is 4.39 Å². The van der Waals surface area contributed by atoms with Crippen molar-refractivity contribution in [2.75, 3.05) is 37.9 Å². The molecule has 0 radical (unpaired) electrons. The zero-order valence-corrected chi connectivity index (χ0v) is 10.5. The number of hydrogen-bond donors (Lipinski definition) is 2. The first kappa shape index (κ1) is 13.0. The maximum atomic E-state index is 13.3. The molecule has 0 bridgehead atoms. The van der Waals surface area contributed by atoms with Crippen LogP contribution in [0.5, 0.6) is 5.75 Å². The van der Waals surface area contributed by atoms with Crippen molar-refractivity contribution in [2.24, 2.45) is 5.92 Å². The largest absolute Gasteiger partial charge is 0.494 e. The number of halogens is 1. The second-order valence-electron chi connectivity index (χ2n) is 4.52. The summed E-state index contributed by atoms with van der Waals surface area (Å²) in [6, 6.07) is 2.87. The van der Waals surface area contributed by atoms with Gasteiger partial charge in [0, 0.05) is 31.9 Å². The maximum absolute atomic E-state index is 13.3. The molecule has 18 heavy (non-hydrogen) atoms. The molecule has 1 fully saturated rings. The van der Waals surface area contributed by atoms with Gasteiger partial charge in [-0.05, 0) is 18.8 Å². The molecule has 0 amide bonds. The molecule has 0 spiro atoms. The predicted molar refractivity (Wildman–Crippen MR) is 69.4 cm³/mol. The van der Waals surface area contributed by atoms with Crippen molar-refractivity contribution in [2.45, 2.75) is 12.8 Å². The number of nitrogens with two attached hydrogens (primary N) is 1. The van der Waals surface area contributed by atoms with E-state index >= 15 is 0 Å². The van der Waals surface area contributed by atoms with Crippen LogP contribution in [0.15, 0.2) is 12.1 Å². The predicted octanol–water partition coefficient (Wildman–Crippen LogP) is 2.25. The Morgan fingerprint density at radius 1 is 1.56 bits per heavy atom. The van der Waals surface area contributed by atoms with Gasteiger partial charge in [0.1, 0.15) is 0 Å². The van der Waals surface area contributed by atoms with E-state index in [1.54, 1.807) is 6.07 Å². The van der Waals surface area contributed by atoms with Crippen LogP contribution >= 0.6 is 0 Å². The summed E-state index contributed by atoms with van der Waals surface area (Å²) in [6.45, 7) is 2.49. The fourth-order valence-corrected chi connectivity index (χ4v) is 2.10. The highest BCUT2D eigenvalue weighted by molar-refractivity contribution is 5.68. The zero-order valence-electron chi connectivity index (χ0n) is 10.5. The van der Waals surface area contributed by atoms with Crippen LogP contribution in [-0.4, -0.2) is 26.9 Å². The quantitative estimate of drug-likeness (QED) is 0.791. The molecule has 1 aromatic rings. The second kappa shape index (κ2) is 5.91. The van der Waals surface area contributed by atoms with E-state index in [-0.39, 0.29) is 5.75 Å². The number of anilines is 2. The number of ether oxygens (including phenoxy) is 2. The van der Waals surface area contributed by atoms with Gasteiger partial charge < -0.3 is 20.5 Å². The molecule has 1 aliphatic rings. The number of hydrogen-bond acceptors (Lipinski definition) is 4. The lowest BCUT2D eigenvalue weighted by Crippen LogP contribution is -2.10. The van der Waals surface area contributed by atoms with Gasteiger partial charge in [0.15, 0.2) is 11.6 Å². The van der Waals surface area contributed by atoms with Gasteiger partial charge in [0.2, 0.25) is 0 Å². The molecule has 0 saturated carbocycles. The van der Waals surface area contributed by atoms with Crippen molar-refractivity contribution in [3.63, 3.8) is 0 Å². The van der Waals surface area contributed by atoms with Crippen LogP contribution in [0.3, 0.4) is 0 Å². The lowest BCUT2D eigenvalue weighted by molar-refractivity contribution is 0.185. The molecular weight excluding hydrogens is 235 g/mol. The first-order valence-electron chi connectivity index (χ1n) is 6.15. The molecular formula is C13H19FN2O2. The lowest BCUT2D eigenvalue weighted by atomic mass is 10.1. The van der Waals surface area contributed by atoms with Gasteiger partial charge in [-0.25, -0.2) is 4.39 Å². The van der Waals surface area contributed by atoms with E-state index in [1.807, 2.05) is 0 Å². The average molecular weight is 254 g/mol. The minimum atomic E-state index is -0.440. The molecule has 0 aromatic heterocycles. The Bertz CT molecular complexity index is 406. The monoisotopic (exact) mass is 254 g/mol. The van der Waals surface area contributed by atoms with Gasteiger partial charge in [0.25, 0.3) is 0 Å². The molecule has 1 unspecified atom stereocenters. The lowest BCUT2D eigenvalue weighted by Gasteiger charge is -2.13. The van der Waals surface area contributed by atoms with Gasteiger partial charge >= 0.3 is 0 Å². The van der Waals surface area contributed by atoms with Gasteiger partial charge in [-0.1, -0.05) is 0 Å².